The largest absolute Gasteiger partial charge is 0.484 e. The summed E-state index contributed by atoms with van der Waals surface area (Å²) in [6.45, 7) is 3.63. The van der Waals surface area contributed by atoms with E-state index in [1.165, 1.54) is 6.07 Å². The summed E-state index contributed by atoms with van der Waals surface area (Å²) in [4.78, 5) is 11.3. The molecule has 1 aromatic carbocycles. The summed E-state index contributed by atoms with van der Waals surface area (Å²) in [5, 5.41) is 8.98. The van der Waals surface area contributed by atoms with Gasteiger partial charge in [-0.2, -0.15) is 5.26 Å². The van der Waals surface area contributed by atoms with Crippen molar-refractivity contribution in [1.82, 2.24) is 0 Å². The van der Waals surface area contributed by atoms with Crippen LogP contribution in [0, 0.1) is 17.2 Å². The van der Waals surface area contributed by atoms with Crippen LogP contribution >= 0.6 is 11.6 Å². The van der Waals surface area contributed by atoms with Crippen LogP contribution in [0.2, 0.25) is 5.02 Å². The first-order chi connectivity index (χ1) is 7.54. The van der Waals surface area contributed by atoms with Crippen molar-refractivity contribution in [2.45, 2.75) is 13.8 Å². The minimum Gasteiger partial charge on any atom is -0.484 e. The molecule has 0 atom stereocenters. The zero-order valence-corrected chi connectivity index (χ0v) is 9.91. The SMILES string of the molecule is CC(C)C(=O)COc1ccc(C#N)cc1Cl. The van der Waals surface area contributed by atoms with Crippen LogP contribution in [0.1, 0.15) is 19.4 Å². The normalized spacial score (nSPS) is 9.94. The van der Waals surface area contributed by atoms with Gasteiger partial charge in [0.1, 0.15) is 12.4 Å². The van der Waals surface area contributed by atoms with E-state index in [1.807, 2.05) is 19.9 Å². The first-order valence-electron chi connectivity index (χ1n) is 4.89. The number of rotatable bonds is 4. The van der Waals surface area contributed by atoms with Crippen LogP contribution in [-0.2, 0) is 4.79 Å². The standard InChI is InChI=1S/C12H12ClNO2/c1-8(2)11(15)7-16-12-4-3-9(6-14)5-10(12)13/h3-5,8H,7H2,1-2H3. The van der Waals surface area contributed by atoms with Crippen LogP contribution in [0.5, 0.6) is 5.75 Å². The summed E-state index contributed by atoms with van der Waals surface area (Å²) >= 11 is 5.88. The van der Waals surface area contributed by atoms with Gasteiger partial charge in [0.25, 0.3) is 0 Å². The molecule has 0 N–H and O–H groups in total. The average molecular weight is 238 g/mol. The molecule has 0 saturated heterocycles. The van der Waals surface area contributed by atoms with Crippen molar-refractivity contribution < 1.29 is 9.53 Å². The molecular weight excluding hydrogens is 226 g/mol. The average Bonchev–Trinajstić information content (AvgIpc) is 2.26. The number of carbonyl (C=O) groups excluding carboxylic acids is 1. The lowest BCUT2D eigenvalue weighted by molar-refractivity contribution is -0.123. The fraction of sp³-hybridized carbons (Fsp3) is 0.333. The first-order valence-corrected chi connectivity index (χ1v) is 5.27. The van der Waals surface area contributed by atoms with Gasteiger partial charge in [0.15, 0.2) is 5.78 Å². The number of hydrogen-bond donors (Lipinski definition) is 0. The lowest BCUT2D eigenvalue weighted by atomic mass is 10.1. The molecule has 4 heteroatoms. The van der Waals surface area contributed by atoms with Crippen molar-refractivity contribution in [1.29, 1.82) is 5.26 Å². The van der Waals surface area contributed by atoms with Gasteiger partial charge in [0.2, 0.25) is 0 Å². The number of ether oxygens (including phenoxy) is 1. The Hall–Kier alpha value is -1.53. The fourth-order valence-electron chi connectivity index (χ4n) is 1.00. The van der Waals surface area contributed by atoms with Gasteiger partial charge in [0, 0.05) is 5.92 Å². The Kier molecular flexibility index (Phi) is 4.33. The number of carbonyl (C=O) groups is 1. The molecular formula is C12H12ClNO2. The molecule has 0 unspecified atom stereocenters. The minimum atomic E-state index is -0.0582. The highest BCUT2D eigenvalue weighted by Crippen LogP contribution is 2.25. The number of hydrogen-bond acceptors (Lipinski definition) is 3. The third-order valence-corrected chi connectivity index (χ3v) is 2.37. The predicted octanol–water partition coefficient (Wildman–Crippen LogP) is 2.82. The summed E-state index contributed by atoms with van der Waals surface area (Å²) in [5.41, 5.74) is 0.465. The Bertz CT molecular complexity index is 435. The number of nitrogens with zero attached hydrogens (tertiary/aromatic N) is 1. The van der Waals surface area contributed by atoms with Gasteiger partial charge in [-0.1, -0.05) is 25.4 Å². The van der Waals surface area contributed by atoms with E-state index < -0.39 is 0 Å². The van der Waals surface area contributed by atoms with E-state index in [1.54, 1.807) is 12.1 Å². The van der Waals surface area contributed by atoms with E-state index in [0.717, 1.165) is 0 Å². The van der Waals surface area contributed by atoms with Crippen LogP contribution in [0.3, 0.4) is 0 Å². The van der Waals surface area contributed by atoms with Gasteiger partial charge in [-0.3, -0.25) is 4.79 Å². The van der Waals surface area contributed by atoms with Crippen molar-refractivity contribution >= 4 is 17.4 Å². The van der Waals surface area contributed by atoms with Crippen LogP contribution in [0.25, 0.3) is 0 Å². The maximum atomic E-state index is 11.3. The Balaban J connectivity index is 2.69. The molecule has 0 spiro atoms. The number of nitriles is 1. The van der Waals surface area contributed by atoms with Crippen LogP contribution in [0.4, 0.5) is 0 Å². The van der Waals surface area contributed by atoms with E-state index in [2.05, 4.69) is 0 Å². The minimum absolute atomic E-state index is 0.00326. The molecule has 0 aliphatic carbocycles. The molecule has 0 saturated carbocycles. The molecule has 0 fully saturated rings. The van der Waals surface area contributed by atoms with E-state index in [9.17, 15) is 4.79 Å². The predicted molar refractivity (Wildman–Crippen MR) is 61.5 cm³/mol. The van der Waals surface area contributed by atoms with Crippen LogP contribution in [-0.4, -0.2) is 12.4 Å². The van der Waals surface area contributed by atoms with E-state index in [-0.39, 0.29) is 18.3 Å². The van der Waals surface area contributed by atoms with Crippen molar-refractivity contribution in [3.8, 4) is 11.8 Å². The van der Waals surface area contributed by atoms with Gasteiger partial charge in [-0.25, -0.2) is 0 Å². The first kappa shape index (κ1) is 12.5. The monoisotopic (exact) mass is 237 g/mol. The topological polar surface area (TPSA) is 50.1 Å². The summed E-state index contributed by atoms with van der Waals surface area (Å²) < 4.78 is 5.27. The third kappa shape index (κ3) is 3.25. The van der Waals surface area contributed by atoms with Crippen molar-refractivity contribution in [2.75, 3.05) is 6.61 Å². The maximum absolute atomic E-state index is 11.3. The molecule has 84 valence electrons. The lowest BCUT2D eigenvalue weighted by Crippen LogP contribution is -2.16. The molecule has 0 radical (unpaired) electrons. The highest BCUT2D eigenvalue weighted by molar-refractivity contribution is 6.32. The smallest absolute Gasteiger partial charge is 0.172 e. The summed E-state index contributed by atoms with van der Waals surface area (Å²) in [6, 6.07) is 6.67. The molecule has 1 rings (SSSR count). The van der Waals surface area contributed by atoms with Gasteiger partial charge >= 0.3 is 0 Å². The van der Waals surface area contributed by atoms with Gasteiger partial charge < -0.3 is 4.74 Å². The second kappa shape index (κ2) is 5.53. The van der Waals surface area contributed by atoms with Crippen molar-refractivity contribution in [3.63, 3.8) is 0 Å². The zero-order chi connectivity index (χ0) is 12.1. The third-order valence-electron chi connectivity index (χ3n) is 2.07. The molecule has 3 nitrogen and oxygen atoms in total. The molecule has 0 bridgehead atoms. The number of halogens is 1. The number of benzene rings is 1. The number of ketones is 1. The molecule has 0 aliphatic rings. The highest BCUT2D eigenvalue weighted by atomic mass is 35.5. The molecule has 0 amide bonds. The number of Topliss-reactive ketones (excluding diaryl/α,β-unsaturated/α-hetero) is 1. The Morgan fingerprint density at radius 1 is 1.56 bits per heavy atom. The Morgan fingerprint density at radius 3 is 2.75 bits per heavy atom. The van der Waals surface area contributed by atoms with Crippen LogP contribution < -0.4 is 4.74 Å². The van der Waals surface area contributed by atoms with Crippen molar-refractivity contribution in [3.05, 3.63) is 28.8 Å². The molecule has 0 heterocycles. The molecule has 0 aromatic heterocycles. The zero-order valence-electron chi connectivity index (χ0n) is 9.16. The summed E-state index contributed by atoms with van der Waals surface area (Å²) in [7, 11) is 0. The second-order valence-corrected chi connectivity index (χ2v) is 4.07. The molecule has 0 aliphatic heterocycles. The van der Waals surface area contributed by atoms with Crippen LogP contribution in [0.15, 0.2) is 18.2 Å². The quantitative estimate of drug-likeness (QED) is 0.809. The summed E-state index contributed by atoms with van der Waals surface area (Å²) in [6.07, 6.45) is 0. The second-order valence-electron chi connectivity index (χ2n) is 3.67. The summed E-state index contributed by atoms with van der Waals surface area (Å²) in [5.74, 6) is 0.382. The van der Waals surface area contributed by atoms with Gasteiger partial charge in [-0.05, 0) is 18.2 Å². The van der Waals surface area contributed by atoms with E-state index in [0.29, 0.717) is 16.3 Å². The van der Waals surface area contributed by atoms with Gasteiger partial charge in [-0.15, -0.1) is 0 Å². The van der Waals surface area contributed by atoms with E-state index in [4.69, 9.17) is 21.6 Å². The highest BCUT2D eigenvalue weighted by Gasteiger charge is 2.09. The molecule has 1 aromatic rings. The fourth-order valence-corrected chi connectivity index (χ4v) is 1.24. The van der Waals surface area contributed by atoms with Crippen molar-refractivity contribution in [2.24, 2.45) is 5.92 Å². The lowest BCUT2D eigenvalue weighted by Gasteiger charge is -2.08. The van der Waals surface area contributed by atoms with E-state index >= 15 is 0 Å². The Morgan fingerprint density at radius 2 is 2.25 bits per heavy atom. The molecule has 16 heavy (non-hydrogen) atoms. The Labute approximate surface area is 99.6 Å². The maximum Gasteiger partial charge on any atom is 0.172 e. The van der Waals surface area contributed by atoms with Gasteiger partial charge in [0.05, 0.1) is 16.7 Å².